The van der Waals surface area contributed by atoms with Crippen molar-refractivity contribution in [1.29, 1.82) is 0 Å². The summed E-state index contributed by atoms with van der Waals surface area (Å²) < 4.78 is 5.70. The Labute approximate surface area is 126 Å². The fourth-order valence-corrected chi connectivity index (χ4v) is 2.93. The molecule has 1 unspecified atom stereocenters. The molecule has 1 N–H and O–H groups in total. The molecule has 0 spiro atoms. The lowest BCUT2D eigenvalue weighted by atomic mass is 9.85. The number of aryl methyl sites for hydroxylation is 1. The Hall–Kier alpha value is -1.80. The van der Waals surface area contributed by atoms with Gasteiger partial charge in [-0.25, -0.2) is 0 Å². The second-order valence-electron chi connectivity index (χ2n) is 6.64. The molecule has 3 rings (SSSR count). The summed E-state index contributed by atoms with van der Waals surface area (Å²) in [6.07, 6.45) is 0.162. The molecule has 2 heteroatoms. The van der Waals surface area contributed by atoms with Crippen LogP contribution in [0.4, 0.5) is 0 Å². The van der Waals surface area contributed by atoms with E-state index in [0.29, 0.717) is 13.0 Å². The van der Waals surface area contributed by atoms with Gasteiger partial charge in [-0.3, -0.25) is 0 Å². The van der Waals surface area contributed by atoms with E-state index in [2.05, 4.69) is 45.0 Å². The van der Waals surface area contributed by atoms with Crippen LogP contribution in [0.25, 0.3) is 0 Å². The quantitative estimate of drug-likeness (QED) is 0.924. The lowest BCUT2D eigenvalue weighted by Gasteiger charge is -2.18. The first-order chi connectivity index (χ1) is 9.95. The zero-order chi connectivity index (χ0) is 15.0. The first kappa shape index (κ1) is 14.2. The largest absolute Gasteiger partial charge is 0.492 e. The average molecular weight is 282 g/mol. The van der Waals surface area contributed by atoms with Gasteiger partial charge in [0.15, 0.2) is 0 Å². The number of hydrogen-bond acceptors (Lipinski definition) is 2. The van der Waals surface area contributed by atoms with Crippen LogP contribution in [-0.2, 0) is 11.8 Å². The van der Waals surface area contributed by atoms with Crippen LogP contribution in [0.1, 0.15) is 42.2 Å². The van der Waals surface area contributed by atoms with Gasteiger partial charge in [-0.05, 0) is 30.2 Å². The summed E-state index contributed by atoms with van der Waals surface area (Å²) >= 11 is 0. The lowest BCUT2D eigenvalue weighted by molar-refractivity contribution is 0.178. The van der Waals surface area contributed by atoms with Crippen LogP contribution >= 0.6 is 0 Å². The van der Waals surface area contributed by atoms with Crippen LogP contribution in [0.2, 0.25) is 0 Å². The third-order valence-corrected chi connectivity index (χ3v) is 4.22. The first-order valence-corrected chi connectivity index (χ1v) is 7.46. The minimum Gasteiger partial charge on any atom is -0.492 e. The second-order valence-corrected chi connectivity index (χ2v) is 6.64. The highest BCUT2D eigenvalue weighted by Crippen LogP contribution is 2.39. The molecule has 0 fully saturated rings. The van der Waals surface area contributed by atoms with Crippen molar-refractivity contribution in [3.05, 3.63) is 64.7 Å². The lowest BCUT2D eigenvalue weighted by Crippen LogP contribution is -2.18. The number of hydrogen-bond donors (Lipinski definition) is 1. The Balaban J connectivity index is 1.84. The van der Waals surface area contributed by atoms with Crippen molar-refractivity contribution in [2.75, 3.05) is 6.61 Å². The number of ether oxygens (including phenoxy) is 1. The Morgan fingerprint density at radius 1 is 1.19 bits per heavy atom. The second kappa shape index (κ2) is 5.19. The first-order valence-electron chi connectivity index (χ1n) is 7.46. The van der Waals surface area contributed by atoms with E-state index in [9.17, 15) is 5.11 Å². The highest BCUT2D eigenvalue weighted by molar-refractivity contribution is 5.45. The Kier molecular flexibility index (Phi) is 3.50. The summed E-state index contributed by atoms with van der Waals surface area (Å²) in [5.41, 5.74) is 4.58. The van der Waals surface area contributed by atoms with Gasteiger partial charge in [0, 0.05) is 17.4 Å². The molecule has 1 aliphatic rings. The number of aliphatic hydroxyl groups is 1. The maximum Gasteiger partial charge on any atom is 0.123 e. The zero-order valence-corrected chi connectivity index (χ0v) is 12.9. The molecule has 2 aromatic rings. The minimum absolute atomic E-state index is 0.0222. The van der Waals surface area contributed by atoms with Crippen molar-refractivity contribution >= 4 is 0 Å². The molecule has 1 atom stereocenters. The van der Waals surface area contributed by atoms with E-state index in [4.69, 9.17) is 4.74 Å². The van der Waals surface area contributed by atoms with Crippen LogP contribution < -0.4 is 4.74 Å². The van der Waals surface area contributed by atoms with E-state index >= 15 is 0 Å². The van der Waals surface area contributed by atoms with Gasteiger partial charge < -0.3 is 9.84 Å². The zero-order valence-electron chi connectivity index (χ0n) is 12.9. The molecular formula is C19H22O2. The highest BCUT2D eigenvalue weighted by atomic mass is 16.5. The van der Waals surface area contributed by atoms with Gasteiger partial charge >= 0.3 is 0 Å². The minimum atomic E-state index is -0.478. The van der Waals surface area contributed by atoms with Gasteiger partial charge in [0.25, 0.3) is 0 Å². The van der Waals surface area contributed by atoms with Gasteiger partial charge in [-0.1, -0.05) is 49.7 Å². The fourth-order valence-electron chi connectivity index (χ4n) is 2.93. The van der Waals surface area contributed by atoms with Crippen LogP contribution in [0, 0.1) is 6.92 Å². The van der Waals surface area contributed by atoms with Gasteiger partial charge in [-0.15, -0.1) is 0 Å². The maximum atomic E-state index is 10.5. The monoisotopic (exact) mass is 282 g/mol. The molecule has 2 aromatic carbocycles. The molecule has 0 saturated heterocycles. The van der Waals surface area contributed by atoms with Crippen LogP contribution in [0.5, 0.6) is 5.75 Å². The number of rotatable bonds is 3. The molecule has 1 heterocycles. The van der Waals surface area contributed by atoms with Gasteiger partial charge in [0.1, 0.15) is 5.75 Å². The Morgan fingerprint density at radius 2 is 2.00 bits per heavy atom. The molecule has 0 amide bonds. The van der Waals surface area contributed by atoms with E-state index in [-0.39, 0.29) is 5.41 Å². The van der Waals surface area contributed by atoms with Crippen molar-refractivity contribution in [2.45, 2.75) is 38.7 Å². The highest BCUT2D eigenvalue weighted by Gasteiger charge is 2.32. The Morgan fingerprint density at radius 3 is 2.76 bits per heavy atom. The van der Waals surface area contributed by atoms with Crippen molar-refractivity contribution < 1.29 is 9.84 Å². The number of benzene rings is 2. The standard InChI is InChI=1S/C19H22O2/c1-13-5-4-6-14(9-13)10-17(20)15-7-8-18-16(11-15)19(2,3)12-21-18/h4-9,11,17,20H,10,12H2,1-3H3. The van der Waals surface area contributed by atoms with E-state index in [1.54, 1.807) is 0 Å². The smallest absolute Gasteiger partial charge is 0.123 e. The van der Waals surface area contributed by atoms with Crippen molar-refractivity contribution in [3.8, 4) is 5.75 Å². The molecule has 0 aromatic heterocycles. The molecule has 0 aliphatic carbocycles. The number of aliphatic hydroxyl groups excluding tert-OH is 1. The molecule has 2 nitrogen and oxygen atoms in total. The Bertz CT molecular complexity index is 658. The molecule has 21 heavy (non-hydrogen) atoms. The summed E-state index contributed by atoms with van der Waals surface area (Å²) in [7, 11) is 0. The molecule has 110 valence electrons. The van der Waals surface area contributed by atoms with Gasteiger partial charge in [0.05, 0.1) is 12.7 Å². The number of fused-ring (bicyclic) bond motifs is 1. The summed E-state index contributed by atoms with van der Waals surface area (Å²) in [5, 5.41) is 10.5. The van der Waals surface area contributed by atoms with Crippen molar-refractivity contribution in [2.24, 2.45) is 0 Å². The van der Waals surface area contributed by atoms with Crippen LogP contribution in [-0.4, -0.2) is 11.7 Å². The van der Waals surface area contributed by atoms with Crippen molar-refractivity contribution in [1.82, 2.24) is 0 Å². The molecule has 0 radical (unpaired) electrons. The summed E-state index contributed by atoms with van der Waals surface area (Å²) in [4.78, 5) is 0. The third-order valence-electron chi connectivity index (χ3n) is 4.22. The van der Waals surface area contributed by atoms with Gasteiger partial charge in [0.2, 0.25) is 0 Å². The van der Waals surface area contributed by atoms with Crippen LogP contribution in [0.15, 0.2) is 42.5 Å². The van der Waals surface area contributed by atoms with E-state index < -0.39 is 6.10 Å². The summed E-state index contributed by atoms with van der Waals surface area (Å²) in [6, 6.07) is 14.4. The average Bonchev–Trinajstić information content (AvgIpc) is 2.74. The molecule has 1 aliphatic heterocycles. The van der Waals surface area contributed by atoms with Crippen molar-refractivity contribution in [3.63, 3.8) is 0 Å². The normalized spacial score (nSPS) is 17.1. The summed E-state index contributed by atoms with van der Waals surface area (Å²) in [6.45, 7) is 7.13. The van der Waals surface area contributed by atoms with E-state index in [1.807, 2.05) is 18.2 Å². The predicted molar refractivity (Wildman–Crippen MR) is 84.8 cm³/mol. The molecule has 0 bridgehead atoms. The van der Waals surface area contributed by atoms with E-state index in [0.717, 1.165) is 11.3 Å². The molecule has 0 saturated carbocycles. The van der Waals surface area contributed by atoms with E-state index in [1.165, 1.54) is 16.7 Å². The SMILES string of the molecule is Cc1cccc(CC(O)c2ccc3c(c2)C(C)(C)CO3)c1. The topological polar surface area (TPSA) is 29.5 Å². The maximum absolute atomic E-state index is 10.5. The summed E-state index contributed by atoms with van der Waals surface area (Å²) in [5.74, 6) is 0.950. The fraction of sp³-hybridized carbons (Fsp3) is 0.368. The predicted octanol–water partition coefficient (Wildman–Crippen LogP) is 3.94. The third kappa shape index (κ3) is 2.81. The van der Waals surface area contributed by atoms with Crippen LogP contribution in [0.3, 0.4) is 0 Å². The molecular weight excluding hydrogens is 260 g/mol. The van der Waals surface area contributed by atoms with Gasteiger partial charge in [-0.2, -0.15) is 0 Å².